The summed E-state index contributed by atoms with van der Waals surface area (Å²) in [6, 6.07) is 7.16. The minimum atomic E-state index is -5.08. The lowest BCUT2D eigenvalue weighted by Crippen LogP contribution is -2.21. The first kappa shape index (κ1) is 29.4. The molecule has 200 valence electrons. The van der Waals surface area contributed by atoms with E-state index in [-0.39, 0.29) is 0 Å². The molecule has 3 rings (SSSR count). The Labute approximate surface area is 221 Å². The summed E-state index contributed by atoms with van der Waals surface area (Å²) < 4.78 is 48.1. The second-order valence-corrected chi connectivity index (χ2v) is 8.46. The number of carbonyl (C=O) groups excluding carboxylic acids is 1. The fraction of sp³-hybridized carbons (Fsp3) is 0.238. The second kappa shape index (κ2) is 13.0. The number of anilines is 5. The summed E-state index contributed by atoms with van der Waals surface area (Å²) in [4.78, 5) is 30.0. The number of aliphatic carboxylic acids is 1. The first-order chi connectivity index (χ1) is 17.4. The van der Waals surface area contributed by atoms with Crippen LogP contribution in [0.4, 0.5) is 41.3 Å². The monoisotopic (exact) mass is 607 g/mol. The molecule has 0 fully saturated rings. The summed E-state index contributed by atoms with van der Waals surface area (Å²) >= 11 is 4.64. The molecule has 1 aromatic carbocycles. The Hall–Kier alpha value is -3.79. The van der Waals surface area contributed by atoms with Crippen LogP contribution in [-0.4, -0.2) is 61.6 Å². The molecule has 3 aromatic rings. The molecule has 0 amide bonds. The highest BCUT2D eigenvalue weighted by atomic mass is 79.9. The number of ether oxygens (including phenoxy) is 3. The van der Waals surface area contributed by atoms with E-state index in [0.717, 1.165) is 4.47 Å². The third-order valence-corrected chi connectivity index (χ3v) is 5.89. The number of pyridine rings is 1. The Balaban J connectivity index is 0.000000604. The largest absolute Gasteiger partial charge is 0.495 e. The molecule has 16 heteroatoms. The summed E-state index contributed by atoms with van der Waals surface area (Å²) in [6.45, 7) is 0. The Morgan fingerprint density at radius 2 is 1.73 bits per heavy atom. The van der Waals surface area contributed by atoms with Crippen LogP contribution in [0.3, 0.4) is 0 Å². The van der Waals surface area contributed by atoms with E-state index in [9.17, 15) is 18.0 Å². The lowest BCUT2D eigenvalue weighted by molar-refractivity contribution is -0.192. The van der Waals surface area contributed by atoms with Gasteiger partial charge >= 0.3 is 18.1 Å². The molecule has 0 radical (unpaired) electrons. The molecule has 0 bridgehead atoms. The van der Waals surface area contributed by atoms with Gasteiger partial charge in [-0.1, -0.05) is 11.3 Å². The molecule has 2 aromatic heterocycles. The number of methoxy groups -OCH3 is 3. The Morgan fingerprint density at radius 1 is 1.08 bits per heavy atom. The Morgan fingerprint density at radius 3 is 2.27 bits per heavy atom. The number of nitrogens with zero attached hydrogens (tertiary/aromatic N) is 2. The number of alkyl halides is 3. The smallest absolute Gasteiger partial charge is 0.490 e. The fourth-order valence-electron chi connectivity index (χ4n) is 2.55. The van der Waals surface area contributed by atoms with Crippen molar-refractivity contribution in [2.75, 3.05) is 44.3 Å². The molecule has 37 heavy (non-hydrogen) atoms. The van der Waals surface area contributed by atoms with E-state index in [4.69, 9.17) is 24.1 Å². The quantitative estimate of drug-likeness (QED) is 0.249. The van der Waals surface area contributed by atoms with Gasteiger partial charge in [0.25, 0.3) is 0 Å². The van der Waals surface area contributed by atoms with Gasteiger partial charge in [-0.15, -0.1) is 0 Å². The number of benzene rings is 1. The number of rotatable bonds is 8. The van der Waals surface area contributed by atoms with Gasteiger partial charge in [-0.2, -0.15) is 13.2 Å². The van der Waals surface area contributed by atoms with Crippen molar-refractivity contribution in [1.29, 1.82) is 0 Å². The van der Waals surface area contributed by atoms with Crippen LogP contribution in [0, 0.1) is 0 Å². The number of hydrogen-bond donors (Lipinski definition) is 4. The molecular weight excluding hydrogens is 587 g/mol. The molecule has 0 saturated carbocycles. The van der Waals surface area contributed by atoms with Crippen molar-refractivity contribution in [3.8, 4) is 11.5 Å². The summed E-state index contributed by atoms with van der Waals surface area (Å²) in [7, 11) is 6.24. The van der Waals surface area contributed by atoms with E-state index in [1.165, 1.54) is 18.4 Å². The second-order valence-electron chi connectivity index (χ2n) is 6.61. The summed E-state index contributed by atoms with van der Waals surface area (Å²) in [5.41, 5.74) is 1.37. The van der Waals surface area contributed by atoms with Crippen molar-refractivity contribution in [1.82, 2.24) is 9.97 Å². The molecule has 4 N–H and O–H groups in total. The van der Waals surface area contributed by atoms with E-state index >= 15 is 0 Å². The highest BCUT2D eigenvalue weighted by Crippen LogP contribution is 2.37. The number of halogens is 4. The predicted molar refractivity (Wildman–Crippen MR) is 135 cm³/mol. The molecule has 0 aliphatic carbocycles. The maximum atomic E-state index is 12.0. The number of carbonyl (C=O) groups is 2. The van der Waals surface area contributed by atoms with Gasteiger partial charge in [-0.05, 0) is 22.0 Å². The van der Waals surface area contributed by atoms with Gasteiger partial charge in [-0.3, -0.25) is 0 Å². The minimum absolute atomic E-state index is 0.368. The number of carboxylic acids is 1. The Kier molecular flexibility index (Phi) is 10.3. The number of thiazole rings is 1. The maximum Gasteiger partial charge on any atom is 0.490 e. The van der Waals surface area contributed by atoms with Crippen molar-refractivity contribution >= 4 is 67.3 Å². The SMILES string of the molecule is CNc1nc(Nc2ccnc(Nc3cc(OC)c(Br)cc3OC)c2)c(C(=O)OC)s1.O=C(O)C(F)(F)F. The van der Waals surface area contributed by atoms with E-state index < -0.39 is 18.1 Å². The lowest BCUT2D eigenvalue weighted by Gasteiger charge is -2.14. The van der Waals surface area contributed by atoms with Crippen LogP contribution in [0.1, 0.15) is 9.67 Å². The molecule has 0 atom stereocenters. The molecule has 0 aliphatic rings. The summed E-state index contributed by atoms with van der Waals surface area (Å²) in [6.07, 6.45) is -3.45. The first-order valence-corrected chi connectivity index (χ1v) is 11.5. The van der Waals surface area contributed by atoms with E-state index in [1.807, 2.05) is 0 Å². The Bertz CT molecular complexity index is 1260. The van der Waals surface area contributed by atoms with Gasteiger partial charge < -0.3 is 35.3 Å². The number of nitrogens with one attached hydrogen (secondary N) is 3. The van der Waals surface area contributed by atoms with Crippen LogP contribution in [0.5, 0.6) is 11.5 Å². The molecule has 0 saturated heterocycles. The predicted octanol–water partition coefficient (Wildman–Crippen LogP) is 5.27. The maximum absolute atomic E-state index is 12.0. The third kappa shape index (κ3) is 8.11. The van der Waals surface area contributed by atoms with Crippen LogP contribution >= 0.6 is 27.3 Å². The van der Waals surface area contributed by atoms with Crippen LogP contribution in [-0.2, 0) is 9.53 Å². The number of carboxylic acid groups (broad SMARTS) is 1. The van der Waals surface area contributed by atoms with Gasteiger partial charge in [0.1, 0.15) is 17.3 Å². The molecule has 0 spiro atoms. The third-order valence-electron chi connectivity index (χ3n) is 4.21. The molecule has 2 heterocycles. The molecular formula is C21H21BrF3N5O6S. The highest BCUT2D eigenvalue weighted by molar-refractivity contribution is 9.10. The minimum Gasteiger partial charge on any atom is -0.495 e. The van der Waals surface area contributed by atoms with Gasteiger partial charge in [0, 0.05) is 37.1 Å². The van der Waals surface area contributed by atoms with E-state index in [1.54, 1.807) is 51.7 Å². The zero-order valence-electron chi connectivity index (χ0n) is 19.7. The van der Waals surface area contributed by atoms with Crippen molar-refractivity contribution in [2.24, 2.45) is 0 Å². The van der Waals surface area contributed by atoms with Crippen LogP contribution in [0.25, 0.3) is 0 Å². The standard InChI is InChI=1S/C19H20BrN5O4S.C2HF3O2/c1-21-19-25-17(16(30-19)18(26)29-4)23-10-5-6-22-15(7-10)24-12-9-13(27-2)11(20)8-14(12)28-3;3-2(4,5)1(6)7/h5-9H,1-4H3,(H,21,25)(H2,22,23,24);(H,6,7). The molecule has 11 nitrogen and oxygen atoms in total. The highest BCUT2D eigenvalue weighted by Gasteiger charge is 2.38. The van der Waals surface area contributed by atoms with Crippen molar-refractivity contribution < 1.29 is 42.1 Å². The summed E-state index contributed by atoms with van der Waals surface area (Å²) in [5.74, 6) is -0.989. The number of esters is 1. The van der Waals surface area contributed by atoms with E-state index in [0.29, 0.717) is 44.5 Å². The zero-order valence-corrected chi connectivity index (χ0v) is 22.1. The topological polar surface area (TPSA) is 144 Å². The lowest BCUT2D eigenvalue weighted by atomic mass is 10.2. The van der Waals surface area contributed by atoms with Gasteiger partial charge in [0.05, 0.1) is 31.5 Å². The van der Waals surface area contributed by atoms with Crippen LogP contribution in [0.15, 0.2) is 34.9 Å². The average Bonchev–Trinajstić information content (AvgIpc) is 3.27. The van der Waals surface area contributed by atoms with Crippen molar-refractivity contribution in [3.05, 3.63) is 39.8 Å². The molecule has 0 unspecified atom stereocenters. The molecule has 0 aliphatic heterocycles. The zero-order chi connectivity index (χ0) is 27.8. The average molecular weight is 608 g/mol. The van der Waals surface area contributed by atoms with Crippen LogP contribution in [0.2, 0.25) is 0 Å². The van der Waals surface area contributed by atoms with Crippen molar-refractivity contribution in [3.63, 3.8) is 0 Å². The summed E-state index contributed by atoms with van der Waals surface area (Å²) in [5, 5.41) is 17.0. The first-order valence-electron chi connectivity index (χ1n) is 9.92. The van der Waals surface area contributed by atoms with Gasteiger partial charge in [0.2, 0.25) is 0 Å². The van der Waals surface area contributed by atoms with Gasteiger partial charge in [0.15, 0.2) is 15.8 Å². The van der Waals surface area contributed by atoms with E-state index in [2.05, 4.69) is 41.8 Å². The van der Waals surface area contributed by atoms with Crippen molar-refractivity contribution in [2.45, 2.75) is 6.18 Å². The normalized spacial score (nSPS) is 10.5. The fourth-order valence-corrected chi connectivity index (χ4v) is 3.83. The van der Waals surface area contributed by atoms with Gasteiger partial charge in [-0.25, -0.2) is 19.6 Å². The van der Waals surface area contributed by atoms with Crippen LogP contribution < -0.4 is 25.4 Å². The number of hydrogen-bond acceptors (Lipinski definition) is 11. The number of aromatic nitrogens is 2.